The van der Waals surface area contributed by atoms with Crippen LogP contribution in [-0.4, -0.2) is 30.2 Å². The van der Waals surface area contributed by atoms with Crippen molar-refractivity contribution in [3.63, 3.8) is 0 Å². The third kappa shape index (κ3) is 5.54. The maximum absolute atomic E-state index is 12.9. The number of aromatic nitrogens is 3. The maximum Gasteiger partial charge on any atom is 0.349 e. The highest BCUT2D eigenvalue weighted by Crippen LogP contribution is 2.42. The van der Waals surface area contributed by atoms with Gasteiger partial charge in [0.15, 0.2) is 23.9 Å². The molecule has 0 amide bonds. The van der Waals surface area contributed by atoms with Crippen molar-refractivity contribution < 1.29 is 23.6 Å². The topological polar surface area (TPSA) is 77.3 Å². The number of ether oxygens (including phenoxy) is 3. The van der Waals surface area contributed by atoms with Crippen LogP contribution in [0.2, 0.25) is 0 Å². The summed E-state index contributed by atoms with van der Waals surface area (Å²) < 4.78 is 18.7. The number of aryl methyl sites for hydroxylation is 1. The van der Waals surface area contributed by atoms with E-state index in [-0.39, 0.29) is 5.75 Å². The molecule has 3 aromatic heterocycles. The molecule has 0 unspecified atom stereocenters. The Kier molecular flexibility index (Phi) is 8.00. The van der Waals surface area contributed by atoms with Gasteiger partial charge in [-0.15, -0.1) is 11.3 Å². The number of hydrogen-bond donors (Lipinski definition) is 1. The fraction of sp³-hybridized carbons (Fsp3) is 0.138. The Morgan fingerprint density at radius 1 is 1.16 bits per heavy atom. The highest BCUT2D eigenvalue weighted by Gasteiger charge is 2.23. The Morgan fingerprint density at radius 3 is 2.51 bits per heavy atom. The normalized spacial score (nSPS) is 11.5. The molecule has 0 saturated carbocycles. The van der Waals surface area contributed by atoms with Crippen LogP contribution in [0.15, 0.2) is 85.1 Å². The zero-order valence-electron chi connectivity index (χ0n) is 21.1. The minimum absolute atomic E-state index is 0.191. The second-order valence-corrected chi connectivity index (χ2v) is 8.95. The van der Waals surface area contributed by atoms with Crippen molar-refractivity contribution in [3.05, 3.63) is 96.3 Å². The molecule has 0 fully saturated rings. The molecule has 37 heavy (non-hydrogen) atoms. The number of carbonyl (C=O) groups excluding carboxylic acids is 1. The summed E-state index contributed by atoms with van der Waals surface area (Å²) in [5.41, 5.74) is 3.72. The minimum atomic E-state index is -0.522. The van der Waals surface area contributed by atoms with Gasteiger partial charge in [-0.25, -0.2) is 14.3 Å². The molecule has 3 heterocycles. The van der Waals surface area contributed by atoms with Crippen LogP contribution in [0.5, 0.6) is 17.2 Å². The summed E-state index contributed by atoms with van der Waals surface area (Å²) in [6.07, 6.45) is 11.1. The summed E-state index contributed by atoms with van der Waals surface area (Å²) in [7, 11) is 4.86. The minimum Gasteiger partial charge on any atom is -0.493 e. The number of hydrogen-bond acceptors (Lipinski definition) is 6. The van der Waals surface area contributed by atoms with Crippen molar-refractivity contribution >= 4 is 22.9 Å². The van der Waals surface area contributed by atoms with Crippen LogP contribution in [0.3, 0.4) is 0 Å². The Hall–Kier alpha value is -4.43. The van der Waals surface area contributed by atoms with E-state index in [4.69, 9.17) is 19.2 Å². The van der Waals surface area contributed by atoms with Gasteiger partial charge >= 0.3 is 5.97 Å². The van der Waals surface area contributed by atoms with Crippen molar-refractivity contribution in [2.75, 3.05) is 14.2 Å². The highest BCUT2D eigenvalue weighted by molar-refractivity contribution is 7.13. The maximum atomic E-state index is 12.9. The van der Waals surface area contributed by atoms with E-state index in [1.165, 1.54) is 14.2 Å². The molecular formula is C29H28N3O4S+. The first-order chi connectivity index (χ1) is 18.0. The van der Waals surface area contributed by atoms with E-state index in [0.29, 0.717) is 28.5 Å². The lowest BCUT2D eigenvalue weighted by Gasteiger charge is -2.14. The number of pyridine rings is 1. The van der Waals surface area contributed by atoms with E-state index in [2.05, 4.69) is 11.6 Å². The molecule has 0 bridgehead atoms. The fourth-order valence-electron chi connectivity index (χ4n) is 3.82. The fourth-order valence-corrected chi connectivity index (χ4v) is 4.54. The molecule has 4 rings (SSSR count). The number of H-pyrrole nitrogens is 1. The summed E-state index contributed by atoms with van der Waals surface area (Å²) in [4.78, 5) is 22.3. The van der Waals surface area contributed by atoms with E-state index in [1.54, 1.807) is 52.4 Å². The van der Waals surface area contributed by atoms with Crippen LogP contribution in [0, 0.1) is 0 Å². The summed E-state index contributed by atoms with van der Waals surface area (Å²) in [5.74, 6) is 0.966. The molecule has 0 atom stereocenters. The van der Waals surface area contributed by atoms with Gasteiger partial charge in [0.1, 0.15) is 18.4 Å². The third-order valence-electron chi connectivity index (χ3n) is 5.49. The Balaban J connectivity index is 1.81. The molecule has 0 saturated heterocycles. The standard InChI is InChI=1S/C29H28N3O4S/c1-6-10-19(11-7-2)25-26(24-13-9-15-37-24)31-28(30-25)21-16-22(34-4)27(23(17-21)35-5)36-29(33)20-12-8-14-32(3)18-20/h6-18H,1H2,2-5H3,(H,30,31)/q+1/b11-7-,19-10+. The van der Waals surface area contributed by atoms with Crippen LogP contribution in [0.4, 0.5) is 0 Å². The number of esters is 1. The van der Waals surface area contributed by atoms with Gasteiger partial charge < -0.3 is 19.2 Å². The van der Waals surface area contributed by atoms with Gasteiger partial charge in [0.05, 0.1) is 30.5 Å². The number of imidazole rings is 1. The summed E-state index contributed by atoms with van der Waals surface area (Å²) >= 11 is 1.62. The molecule has 0 aliphatic rings. The van der Waals surface area contributed by atoms with Gasteiger partial charge in [0, 0.05) is 17.2 Å². The van der Waals surface area contributed by atoms with Gasteiger partial charge in [0.2, 0.25) is 5.75 Å². The van der Waals surface area contributed by atoms with E-state index < -0.39 is 5.97 Å². The van der Waals surface area contributed by atoms with E-state index in [1.807, 2.05) is 55.9 Å². The summed E-state index contributed by atoms with van der Waals surface area (Å²) in [5, 5.41) is 2.02. The van der Waals surface area contributed by atoms with Gasteiger partial charge in [0.25, 0.3) is 0 Å². The number of nitrogens with one attached hydrogen (secondary N) is 1. The average Bonchev–Trinajstić information content (AvgIpc) is 3.59. The lowest BCUT2D eigenvalue weighted by Crippen LogP contribution is -2.28. The van der Waals surface area contributed by atoms with Gasteiger partial charge in [-0.3, -0.25) is 0 Å². The van der Waals surface area contributed by atoms with Crippen molar-refractivity contribution in [1.29, 1.82) is 0 Å². The predicted molar refractivity (Wildman–Crippen MR) is 146 cm³/mol. The second kappa shape index (κ2) is 11.5. The molecule has 7 nitrogen and oxygen atoms in total. The number of thiophene rings is 1. The first-order valence-electron chi connectivity index (χ1n) is 11.5. The van der Waals surface area contributed by atoms with Crippen LogP contribution >= 0.6 is 11.3 Å². The first-order valence-corrected chi connectivity index (χ1v) is 12.4. The Labute approximate surface area is 220 Å². The number of benzene rings is 1. The molecule has 0 radical (unpaired) electrons. The highest BCUT2D eigenvalue weighted by atomic mass is 32.1. The average molecular weight is 515 g/mol. The van der Waals surface area contributed by atoms with Crippen LogP contribution in [-0.2, 0) is 7.05 Å². The summed E-state index contributed by atoms with van der Waals surface area (Å²) in [6, 6.07) is 11.0. The zero-order chi connectivity index (χ0) is 26.4. The van der Waals surface area contributed by atoms with Gasteiger partial charge in [-0.2, -0.15) is 0 Å². The van der Waals surface area contributed by atoms with Crippen molar-refractivity contribution in [2.24, 2.45) is 7.05 Å². The lowest BCUT2D eigenvalue weighted by atomic mass is 10.1. The molecule has 0 aliphatic heterocycles. The van der Waals surface area contributed by atoms with E-state index in [0.717, 1.165) is 21.8 Å². The lowest BCUT2D eigenvalue weighted by molar-refractivity contribution is -0.671. The third-order valence-corrected chi connectivity index (χ3v) is 6.38. The van der Waals surface area contributed by atoms with E-state index in [9.17, 15) is 4.79 Å². The SMILES string of the molecule is C=C/C=C(\C=C/C)c1nc(-c2cc(OC)c(OC(=O)c3ccc[n+](C)c3)c(OC)c2)[nH]c1-c1cccs1. The predicted octanol–water partition coefficient (Wildman–Crippen LogP) is 6.01. The van der Waals surface area contributed by atoms with Crippen molar-refractivity contribution in [1.82, 2.24) is 9.97 Å². The summed E-state index contributed by atoms with van der Waals surface area (Å²) in [6.45, 7) is 5.81. The van der Waals surface area contributed by atoms with Crippen molar-refractivity contribution in [2.45, 2.75) is 6.92 Å². The second-order valence-electron chi connectivity index (χ2n) is 8.00. The number of nitrogens with zero attached hydrogens (tertiary/aromatic N) is 2. The monoisotopic (exact) mass is 514 g/mol. The van der Waals surface area contributed by atoms with Crippen LogP contribution in [0.1, 0.15) is 23.0 Å². The van der Waals surface area contributed by atoms with Crippen molar-refractivity contribution in [3.8, 4) is 39.2 Å². The molecule has 1 aromatic carbocycles. The molecule has 188 valence electrons. The van der Waals surface area contributed by atoms with Gasteiger partial charge in [-0.1, -0.05) is 36.9 Å². The van der Waals surface area contributed by atoms with E-state index >= 15 is 0 Å². The number of carbonyl (C=O) groups is 1. The number of methoxy groups -OCH3 is 2. The molecular weight excluding hydrogens is 486 g/mol. The number of aromatic amines is 1. The molecule has 0 aliphatic carbocycles. The smallest absolute Gasteiger partial charge is 0.349 e. The number of allylic oxidation sites excluding steroid dienone is 5. The molecule has 4 aromatic rings. The molecule has 8 heteroatoms. The van der Waals surface area contributed by atoms with Crippen LogP contribution in [0.25, 0.3) is 27.5 Å². The van der Waals surface area contributed by atoms with Gasteiger partial charge in [-0.05, 0) is 36.6 Å². The quantitative estimate of drug-likeness (QED) is 0.128. The Bertz CT molecular complexity index is 1460. The molecule has 1 N–H and O–H groups in total. The Morgan fingerprint density at radius 2 is 1.92 bits per heavy atom. The largest absolute Gasteiger partial charge is 0.493 e. The van der Waals surface area contributed by atoms with Crippen LogP contribution < -0.4 is 18.8 Å². The zero-order valence-corrected chi connectivity index (χ0v) is 22.0. The number of rotatable bonds is 9. The first kappa shape index (κ1) is 25.7. The molecule has 0 spiro atoms.